The smallest absolute Gasteiger partial charge is 0.0935 e. The van der Waals surface area contributed by atoms with Crippen LogP contribution < -0.4 is 5.73 Å². The quantitative estimate of drug-likeness (QED) is 0.801. The molecule has 1 atom stereocenters. The van der Waals surface area contributed by atoms with Gasteiger partial charge in [0.15, 0.2) is 0 Å². The Bertz CT molecular complexity index is 249. The normalized spacial score (nSPS) is 20.9. The van der Waals surface area contributed by atoms with Gasteiger partial charge in [-0.15, -0.1) is 0 Å². The van der Waals surface area contributed by atoms with Crippen molar-refractivity contribution in [3.63, 3.8) is 0 Å². The highest BCUT2D eigenvalue weighted by Crippen LogP contribution is 2.26. The Morgan fingerprint density at radius 1 is 1.36 bits per heavy atom. The molecule has 2 nitrogen and oxygen atoms in total. The first-order valence-corrected chi connectivity index (χ1v) is 5.63. The maximum atomic E-state index is 6.20. The largest absolute Gasteiger partial charge is 0.472 e. The molecule has 1 aliphatic rings. The molecule has 2 heteroatoms. The molecule has 1 unspecified atom stereocenters. The van der Waals surface area contributed by atoms with Crippen LogP contribution in [0.15, 0.2) is 23.0 Å². The molecule has 1 aliphatic carbocycles. The zero-order chi connectivity index (χ0) is 9.80. The average molecular weight is 193 g/mol. The molecule has 0 saturated heterocycles. The standard InChI is InChI=1S/C12H19NO/c13-12(8-10-6-7-14-9-10)11-4-2-1-3-5-11/h6-7,9,11-12H,1-5,8,13H2. The van der Waals surface area contributed by atoms with Crippen LogP contribution in [0.1, 0.15) is 37.7 Å². The van der Waals surface area contributed by atoms with E-state index in [9.17, 15) is 0 Å². The van der Waals surface area contributed by atoms with Crippen LogP contribution >= 0.6 is 0 Å². The fraction of sp³-hybridized carbons (Fsp3) is 0.667. The topological polar surface area (TPSA) is 39.2 Å². The van der Waals surface area contributed by atoms with Crippen LogP contribution in [-0.4, -0.2) is 6.04 Å². The van der Waals surface area contributed by atoms with Crippen molar-refractivity contribution in [1.29, 1.82) is 0 Å². The van der Waals surface area contributed by atoms with Gasteiger partial charge < -0.3 is 10.2 Å². The summed E-state index contributed by atoms with van der Waals surface area (Å²) in [6.45, 7) is 0. The van der Waals surface area contributed by atoms with Crippen molar-refractivity contribution in [1.82, 2.24) is 0 Å². The molecule has 78 valence electrons. The van der Waals surface area contributed by atoms with Gasteiger partial charge in [-0.05, 0) is 36.8 Å². The van der Waals surface area contributed by atoms with Crippen LogP contribution in [0, 0.1) is 5.92 Å². The molecule has 1 fully saturated rings. The molecule has 1 aromatic heterocycles. The Morgan fingerprint density at radius 3 is 2.79 bits per heavy atom. The zero-order valence-electron chi connectivity index (χ0n) is 8.61. The van der Waals surface area contributed by atoms with Crippen molar-refractivity contribution in [3.05, 3.63) is 24.2 Å². The summed E-state index contributed by atoms with van der Waals surface area (Å²) in [6, 6.07) is 2.34. The first kappa shape index (κ1) is 9.78. The molecule has 1 heterocycles. The molecular weight excluding hydrogens is 174 g/mol. The summed E-state index contributed by atoms with van der Waals surface area (Å²) >= 11 is 0. The lowest BCUT2D eigenvalue weighted by molar-refractivity contribution is 0.303. The predicted molar refractivity (Wildman–Crippen MR) is 57.0 cm³/mol. The van der Waals surface area contributed by atoms with Gasteiger partial charge in [-0.1, -0.05) is 19.3 Å². The lowest BCUT2D eigenvalue weighted by atomic mass is 9.82. The fourth-order valence-electron chi connectivity index (χ4n) is 2.41. The third kappa shape index (κ3) is 2.38. The van der Waals surface area contributed by atoms with E-state index in [-0.39, 0.29) is 0 Å². The summed E-state index contributed by atoms with van der Waals surface area (Å²) in [4.78, 5) is 0. The summed E-state index contributed by atoms with van der Waals surface area (Å²) in [6.07, 6.45) is 11.3. The molecule has 2 rings (SSSR count). The summed E-state index contributed by atoms with van der Waals surface area (Å²) in [5.74, 6) is 0.735. The fourth-order valence-corrected chi connectivity index (χ4v) is 2.41. The monoisotopic (exact) mass is 193 g/mol. The SMILES string of the molecule is NC(Cc1ccoc1)C1CCCCC1. The minimum atomic E-state index is 0.327. The maximum absolute atomic E-state index is 6.20. The van der Waals surface area contributed by atoms with E-state index in [1.807, 2.05) is 12.3 Å². The van der Waals surface area contributed by atoms with E-state index in [4.69, 9.17) is 10.2 Å². The van der Waals surface area contributed by atoms with E-state index >= 15 is 0 Å². The van der Waals surface area contributed by atoms with E-state index in [0.717, 1.165) is 12.3 Å². The molecule has 0 aromatic carbocycles. The Labute approximate surface area is 85.5 Å². The van der Waals surface area contributed by atoms with Crippen LogP contribution in [0.3, 0.4) is 0 Å². The first-order valence-electron chi connectivity index (χ1n) is 5.63. The summed E-state index contributed by atoms with van der Waals surface area (Å²) < 4.78 is 5.05. The summed E-state index contributed by atoms with van der Waals surface area (Å²) in [7, 11) is 0. The first-order chi connectivity index (χ1) is 6.86. The van der Waals surface area contributed by atoms with Crippen LogP contribution in [-0.2, 0) is 6.42 Å². The van der Waals surface area contributed by atoms with E-state index < -0.39 is 0 Å². The summed E-state index contributed by atoms with van der Waals surface area (Å²) in [5, 5.41) is 0. The van der Waals surface area contributed by atoms with E-state index in [1.165, 1.54) is 37.7 Å². The lowest BCUT2D eigenvalue weighted by Crippen LogP contribution is -2.33. The van der Waals surface area contributed by atoms with Gasteiger partial charge in [0.1, 0.15) is 0 Å². The molecule has 0 radical (unpaired) electrons. The van der Waals surface area contributed by atoms with Gasteiger partial charge in [0.2, 0.25) is 0 Å². The Hall–Kier alpha value is -0.760. The van der Waals surface area contributed by atoms with Crippen molar-refractivity contribution in [2.24, 2.45) is 11.7 Å². The van der Waals surface area contributed by atoms with Gasteiger partial charge in [0.25, 0.3) is 0 Å². The second kappa shape index (κ2) is 4.65. The van der Waals surface area contributed by atoms with Crippen LogP contribution in [0.5, 0.6) is 0 Å². The third-order valence-corrected chi connectivity index (χ3v) is 3.31. The molecule has 1 aromatic rings. The second-order valence-electron chi connectivity index (χ2n) is 4.40. The summed E-state index contributed by atoms with van der Waals surface area (Å²) in [5.41, 5.74) is 7.44. The van der Waals surface area contributed by atoms with Gasteiger partial charge in [-0.3, -0.25) is 0 Å². The van der Waals surface area contributed by atoms with Crippen molar-refractivity contribution in [3.8, 4) is 0 Å². The van der Waals surface area contributed by atoms with Crippen LogP contribution in [0.25, 0.3) is 0 Å². The number of hydrogen-bond acceptors (Lipinski definition) is 2. The lowest BCUT2D eigenvalue weighted by Gasteiger charge is -2.27. The average Bonchev–Trinajstić information content (AvgIpc) is 2.72. The van der Waals surface area contributed by atoms with Crippen molar-refractivity contribution in [2.45, 2.75) is 44.6 Å². The van der Waals surface area contributed by atoms with Crippen molar-refractivity contribution >= 4 is 0 Å². The van der Waals surface area contributed by atoms with E-state index in [2.05, 4.69) is 0 Å². The highest BCUT2D eigenvalue weighted by atomic mass is 16.3. The van der Waals surface area contributed by atoms with E-state index in [0.29, 0.717) is 6.04 Å². The van der Waals surface area contributed by atoms with E-state index in [1.54, 1.807) is 6.26 Å². The van der Waals surface area contributed by atoms with Gasteiger partial charge in [0.05, 0.1) is 12.5 Å². The molecule has 0 amide bonds. The van der Waals surface area contributed by atoms with Gasteiger partial charge in [-0.2, -0.15) is 0 Å². The zero-order valence-corrected chi connectivity index (χ0v) is 8.61. The number of rotatable bonds is 3. The molecule has 2 N–H and O–H groups in total. The number of furan rings is 1. The van der Waals surface area contributed by atoms with Gasteiger partial charge in [-0.25, -0.2) is 0 Å². The number of nitrogens with two attached hydrogens (primary N) is 1. The Morgan fingerprint density at radius 2 is 2.14 bits per heavy atom. The highest BCUT2D eigenvalue weighted by Gasteiger charge is 2.20. The van der Waals surface area contributed by atoms with Gasteiger partial charge >= 0.3 is 0 Å². The third-order valence-electron chi connectivity index (χ3n) is 3.31. The van der Waals surface area contributed by atoms with Crippen LogP contribution in [0.2, 0.25) is 0 Å². The minimum absolute atomic E-state index is 0.327. The highest BCUT2D eigenvalue weighted by molar-refractivity contribution is 5.07. The number of hydrogen-bond donors (Lipinski definition) is 1. The molecule has 1 saturated carbocycles. The Balaban J connectivity index is 1.85. The molecule has 14 heavy (non-hydrogen) atoms. The van der Waals surface area contributed by atoms with Crippen LogP contribution in [0.4, 0.5) is 0 Å². The van der Waals surface area contributed by atoms with Gasteiger partial charge in [0, 0.05) is 6.04 Å². The molecule has 0 spiro atoms. The maximum Gasteiger partial charge on any atom is 0.0935 e. The second-order valence-corrected chi connectivity index (χ2v) is 4.40. The van der Waals surface area contributed by atoms with Crippen molar-refractivity contribution < 1.29 is 4.42 Å². The minimum Gasteiger partial charge on any atom is -0.472 e. The van der Waals surface area contributed by atoms with Crippen molar-refractivity contribution in [2.75, 3.05) is 0 Å². The molecule has 0 bridgehead atoms. The molecule has 0 aliphatic heterocycles. The molecular formula is C12H19NO. The predicted octanol–water partition coefficient (Wildman–Crippen LogP) is 2.73. The Kier molecular flexibility index (Phi) is 3.25.